The number of carbonyl (C=O) groups excluding carboxylic acids is 2. The number of amides is 1. The number of likely N-dealkylation sites (tertiary alicyclic amines) is 1. The van der Waals surface area contributed by atoms with Crippen LogP contribution in [0.4, 0.5) is 4.39 Å². The van der Waals surface area contributed by atoms with Crippen LogP contribution in [0.1, 0.15) is 74.4 Å². The van der Waals surface area contributed by atoms with Crippen LogP contribution in [0.2, 0.25) is 18.1 Å². The molecule has 0 aliphatic carbocycles. The normalized spacial score (nSPS) is 17.1. The smallest absolute Gasteiger partial charge is 0.337 e. The van der Waals surface area contributed by atoms with Crippen LogP contribution in [0.15, 0.2) is 48.5 Å². The van der Waals surface area contributed by atoms with Gasteiger partial charge in [0.05, 0.1) is 12.7 Å². The van der Waals surface area contributed by atoms with E-state index in [2.05, 4.69) is 33.9 Å². The van der Waals surface area contributed by atoms with Crippen molar-refractivity contribution in [3.05, 3.63) is 71.0 Å². The third-order valence-corrected chi connectivity index (χ3v) is 12.7. The summed E-state index contributed by atoms with van der Waals surface area (Å²) in [5, 5.41) is 0.0810. The van der Waals surface area contributed by atoms with Crippen molar-refractivity contribution in [1.82, 2.24) is 4.90 Å². The largest absolute Gasteiger partial charge is 0.465 e. The summed E-state index contributed by atoms with van der Waals surface area (Å²) in [5.74, 6) is -0.334. The quantitative estimate of drug-likeness (QED) is 0.216. The Morgan fingerprint density at radius 3 is 2.47 bits per heavy atom. The maximum absolute atomic E-state index is 13.9. The highest BCUT2D eigenvalue weighted by Crippen LogP contribution is 2.38. The monoisotopic (exact) mass is 541 g/mol. The highest BCUT2D eigenvalue weighted by molar-refractivity contribution is 6.74. The number of hydrogen-bond donors (Lipinski definition) is 0. The van der Waals surface area contributed by atoms with Crippen molar-refractivity contribution in [1.29, 1.82) is 0 Å². The minimum Gasteiger partial charge on any atom is -0.465 e. The first kappa shape index (κ1) is 30.0. The van der Waals surface area contributed by atoms with Gasteiger partial charge in [-0.1, -0.05) is 45.0 Å². The fraction of sp³-hybridized carbons (Fsp3) is 0.548. The molecule has 5 nitrogen and oxygen atoms in total. The summed E-state index contributed by atoms with van der Waals surface area (Å²) in [5.41, 5.74) is 2.63. The third kappa shape index (κ3) is 8.24. The molecule has 0 spiro atoms. The molecule has 0 radical (unpaired) electrons. The van der Waals surface area contributed by atoms with Gasteiger partial charge >= 0.3 is 5.97 Å². The molecule has 1 heterocycles. The van der Waals surface area contributed by atoms with E-state index >= 15 is 0 Å². The van der Waals surface area contributed by atoms with Crippen LogP contribution in [0, 0.1) is 5.82 Å². The fourth-order valence-corrected chi connectivity index (χ4v) is 6.27. The molecule has 1 amide bonds. The van der Waals surface area contributed by atoms with Crippen molar-refractivity contribution in [2.45, 2.75) is 96.0 Å². The highest BCUT2D eigenvalue weighted by atomic mass is 28.4. The summed E-state index contributed by atoms with van der Waals surface area (Å²) < 4.78 is 25.5. The maximum Gasteiger partial charge on any atom is 0.337 e. The average Bonchev–Trinajstić information content (AvgIpc) is 3.20. The van der Waals surface area contributed by atoms with Crippen molar-refractivity contribution in [3.63, 3.8) is 0 Å². The van der Waals surface area contributed by atoms with E-state index < -0.39 is 8.32 Å². The van der Waals surface area contributed by atoms with Crippen LogP contribution < -0.4 is 0 Å². The van der Waals surface area contributed by atoms with Crippen LogP contribution in [0.25, 0.3) is 0 Å². The van der Waals surface area contributed by atoms with Crippen molar-refractivity contribution < 1.29 is 23.1 Å². The summed E-state index contributed by atoms with van der Waals surface area (Å²) in [6, 6.07) is 14.5. The van der Waals surface area contributed by atoms with Crippen LogP contribution in [0.5, 0.6) is 0 Å². The van der Waals surface area contributed by atoms with Crippen LogP contribution in [0.3, 0.4) is 0 Å². The predicted octanol–water partition coefficient (Wildman–Crippen LogP) is 6.95. The first-order chi connectivity index (χ1) is 17.9. The highest BCUT2D eigenvalue weighted by Gasteiger charge is 2.39. The summed E-state index contributed by atoms with van der Waals surface area (Å²) in [4.78, 5) is 26.4. The molecule has 0 bridgehead atoms. The number of hydrogen-bond acceptors (Lipinski definition) is 4. The second-order valence-corrected chi connectivity index (χ2v) is 16.7. The summed E-state index contributed by atoms with van der Waals surface area (Å²) in [7, 11) is -0.640. The summed E-state index contributed by atoms with van der Waals surface area (Å²) >= 11 is 0. The number of benzene rings is 2. The molecule has 2 unspecified atom stereocenters. The lowest BCUT2D eigenvalue weighted by Gasteiger charge is -2.40. The van der Waals surface area contributed by atoms with Crippen molar-refractivity contribution in [2.24, 2.45) is 0 Å². The van der Waals surface area contributed by atoms with Gasteiger partial charge in [-0.05, 0) is 92.0 Å². The lowest BCUT2D eigenvalue weighted by molar-refractivity contribution is -0.129. The zero-order valence-corrected chi connectivity index (χ0v) is 24.9. The Labute approximate surface area is 228 Å². The van der Waals surface area contributed by atoms with Gasteiger partial charge in [0.1, 0.15) is 5.82 Å². The molecule has 3 rings (SSSR count). The Morgan fingerprint density at radius 2 is 1.84 bits per heavy atom. The van der Waals surface area contributed by atoms with E-state index in [4.69, 9.17) is 9.16 Å². The fourth-order valence-electron chi connectivity index (χ4n) is 4.88. The number of esters is 1. The second-order valence-electron chi connectivity index (χ2n) is 12.0. The van der Waals surface area contributed by atoms with Gasteiger partial charge in [-0.25, -0.2) is 9.18 Å². The molecule has 1 aliphatic rings. The molecule has 38 heavy (non-hydrogen) atoms. The van der Waals surface area contributed by atoms with Gasteiger partial charge in [-0.3, -0.25) is 4.79 Å². The SMILES string of the molecule is COC(=O)c1ccc(CCCN2C(=O)CCC2CCC(Cc2cccc(F)c2)O[Si](C)(C)C(C)(C)C)cc1. The minimum atomic E-state index is -2.02. The van der Waals surface area contributed by atoms with Crippen molar-refractivity contribution >= 4 is 20.2 Å². The van der Waals surface area contributed by atoms with E-state index in [1.54, 1.807) is 24.3 Å². The Morgan fingerprint density at radius 1 is 1.13 bits per heavy atom. The third-order valence-electron chi connectivity index (χ3n) is 8.13. The molecule has 1 saturated heterocycles. The lowest BCUT2D eigenvalue weighted by atomic mass is 10.00. The van der Waals surface area contributed by atoms with Gasteiger partial charge in [-0.2, -0.15) is 0 Å². The van der Waals surface area contributed by atoms with Gasteiger partial charge in [-0.15, -0.1) is 0 Å². The Balaban J connectivity index is 1.60. The van der Waals surface area contributed by atoms with E-state index in [-0.39, 0.29) is 34.9 Å². The molecule has 0 aromatic heterocycles. The van der Waals surface area contributed by atoms with Crippen molar-refractivity contribution in [3.8, 4) is 0 Å². The number of nitrogens with zero attached hydrogens (tertiary/aromatic N) is 1. The Kier molecular flexibility index (Phi) is 10.3. The lowest BCUT2D eigenvalue weighted by Crippen LogP contribution is -2.45. The molecule has 1 fully saturated rings. The molecule has 2 aromatic rings. The Hall–Kier alpha value is -2.51. The zero-order valence-electron chi connectivity index (χ0n) is 23.9. The van der Waals surface area contributed by atoms with E-state index in [0.717, 1.165) is 49.8 Å². The molecule has 2 aromatic carbocycles. The van der Waals surface area contributed by atoms with Crippen LogP contribution >= 0.6 is 0 Å². The number of ether oxygens (including phenoxy) is 1. The molecule has 2 atom stereocenters. The van der Waals surface area contributed by atoms with Crippen molar-refractivity contribution in [2.75, 3.05) is 13.7 Å². The molecular formula is C31H44FNO4Si. The standard InChI is InChI=1S/C31H44FNO4Si/c1-31(2,3)38(5,6)37-28(22-24-9-7-11-26(32)21-24)18-16-27-17-19-29(34)33(27)20-8-10-23-12-14-25(15-13-23)30(35)36-4/h7,9,11-15,21,27-28H,8,10,16-20,22H2,1-6H3. The predicted molar refractivity (Wildman–Crippen MR) is 152 cm³/mol. The van der Waals surface area contributed by atoms with Gasteiger partial charge < -0.3 is 14.1 Å². The molecule has 7 heteroatoms. The first-order valence-electron chi connectivity index (χ1n) is 13.8. The number of halogens is 1. The zero-order chi connectivity index (χ0) is 27.9. The molecule has 1 aliphatic heterocycles. The van der Waals surface area contributed by atoms with Crippen LogP contribution in [-0.2, 0) is 26.8 Å². The minimum absolute atomic E-state index is 0.0106. The second kappa shape index (κ2) is 13.0. The summed E-state index contributed by atoms with van der Waals surface area (Å²) in [6.45, 7) is 11.9. The van der Waals surface area contributed by atoms with E-state index in [0.29, 0.717) is 18.4 Å². The number of methoxy groups -OCH3 is 1. The van der Waals surface area contributed by atoms with Crippen LogP contribution in [-0.4, -0.2) is 50.9 Å². The van der Waals surface area contributed by atoms with E-state index in [1.807, 2.05) is 23.1 Å². The first-order valence-corrected chi connectivity index (χ1v) is 16.7. The van der Waals surface area contributed by atoms with E-state index in [9.17, 15) is 14.0 Å². The molecule has 0 saturated carbocycles. The molecule has 0 N–H and O–H groups in total. The van der Waals surface area contributed by atoms with Gasteiger partial charge in [0.2, 0.25) is 5.91 Å². The number of carbonyl (C=O) groups is 2. The molecular weight excluding hydrogens is 497 g/mol. The maximum atomic E-state index is 13.9. The van der Waals surface area contributed by atoms with Gasteiger partial charge in [0, 0.05) is 25.1 Å². The topological polar surface area (TPSA) is 55.8 Å². The molecule has 208 valence electrons. The average molecular weight is 542 g/mol. The summed E-state index contributed by atoms with van der Waals surface area (Å²) in [6.07, 6.45) is 5.56. The van der Waals surface area contributed by atoms with Gasteiger partial charge in [0.15, 0.2) is 8.32 Å². The van der Waals surface area contributed by atoms with Gasteiger partial charge in [0.25, 0.3) is 0 Å². The Bertz CT molecular complexity index is 1080. The number of aryl methyl sites for hydroxylation is 1. The van der Waals surface area contributed by atoms with E-state index in [1.165, 1.54) is 13.2 Å². The number of rotatable bonds is 12.